The first-order chi connectivity index (χ1) is 12.4. The Morgan fingerprint density at radius 2 is 2.00 bits per heavy atom. The molecule has 0 fully saturated rings. The van der Waals surface area contributed by atoms with Gasteiger partial charge in [-0.25, -0.2) is 4.98 Å². The number of fused-ring (bicyclic) bond motifs is 2. The van der Waals surface area contributed by atoms with Crippen molar-refractivity contribution < 1.29 is 13.2 Å². The summed E-state index contributed by atoms with van der Waals surface area (Å²) in [6.07, 6.45) is -1.39. The quantitative estimate of drug-likeness (QED) is 0.597. The maximum absolute atomic E-state index is 13.4. The normalized spacial score (nSPS) is 14.8. The second-order valence-corrected chi connectivity index (χ2v) is 7.31. The molecule has 0 aliphatic carbocycles. The number of benzene rings is 1. The molecule has 4 rings (SSSR count). The number of alkyl halides is 3. The van der Waals surface area contributed by atoms with Gasteiger partial charge in [-0.15, -0.1) is 0 Å². The lowest BCUT2D eigenvalue weighted by atomic mass is 10.0. The molecule has 1 unspecified atom stereocenters. The maximum Gasteiger partial charge on any atom is 0.435 e. The summed E-state index contributed by atoms with van der Waals surface area (Å²) in [6.45, 7) is 1.46. The molecule has 2 aromatic heterocycles. The zero-order valence-corrected chi connectivity index (χ0v) is 15.3. The van der Waals surface area contributed by atoms with Crippen LogP contribution < -0.4 is 5.32 Å². The zero-order chi connectivity index (χ0) is 18.5. The van der Waals surface area contributed by atoms with Crippen LogP contribution in [0, 0.1) is 6.92 Å². The van der Waals surface area contributed by atoms with Crippen molar-refractivity contribution in [2.24, 2.45) is 0 Å². The molecular formula is C19H17F3N3P. The van der Waals surface area contributed by atoms with E-state index < -0.39 is 11.9 Å². The lowest BCUT2D eigenvalue weighted by molar-refractivity contribution is -0.141. The first-order valence-electron chi connectivity index (χ1n) is 8.20. The third-order valence-electron chi connectivity index (χ3n) is 4.65. The third-order valence-corrected chi connectivity index (χ3v) is 5.64. The van der Waals surface area contributed by atoms with Crippen LogP contribution in [0.25, 0.3) is 23.0 Å². The number of rotatable bonds is 2. The monoisotopic (exact) mass is 375 g/mol. The van der Waals surface area contributed by atoms with Crippen LogP contribution in [0.2, 0.25) is 0 Å². The summed E-state index contributed by atoms with van der Waals surface area (Å²) in [6, 6.07) is 9.69. The topological polar surface area (TPSA) is 29.3 Å². The summed E-state index contributed by atoms with van der Waals surface area (Å²) in [5.74, 6) is 2.15. The van der Waals surface area contributed by atoms with Gasteiger partial charge in [-0.2, -0.15) is 13.2 Å². The van der Waals surface area contributed by atoms with Gasteiger partial charge in [0.15, 0.2) is 11.3 Å². The first-order valence-corrected chi connectivity index (χ1v) is 9.49. The van der Waals surface area contributed by atoms with Crippen LogP contribution in [0.4, 0.5) is 18.9 Å². The molecular weight excluding hydrogens is 358 g/mol. The van der Waals surface area contributed by atoms with E-state index in [9.17, 15) is 13.2 Å². The van der Waals surface area contributed by atoms with E-state index in [2.05, 4.69) is 28.3 Å². The van der Waals surface area contributed by atoms with Crippen LogP contribution in [0.5, 0.6) is 0 Å². The summed E-state index contributed by atoms with van der Waals surface area (Å²) < 4.78 is 41.7. The van der Waals surface area contributed by atoms with Gasteiger partial charge in [-0.1, -0.05) is 32.6 Å². The highest BCUT2D eigenvalue weighted by Gasteiger charge is 2.37. The van der Waals surface area contributed by atoms with Gasteiger partial charge in [0.1, 0.15) is 0 Å². The fraction of sp³-hybridized carbons (Fsp3) is 0.211. The second-order valence-electron chi connectivity index (χ2n) is 6.21. The molecule has 1 atom stereocenters. The molecule has 26 heavy (non-hydrogen) atoms. The molecule has 0 bridgehead atoms. The fourth-order valence-corrected chi connectivity index (χ4v) is 4.32. The Morgan fingerprint density at radius 1 is 1.19 bits per heavy atom. The standard InChI is InChI=1S/C19H17F3N3P/c1-11-17(19(20,21)22)24-18-15(23-2)5-6-16(25(11)18)13-3-4-14-10-26-8-7-12(14)9-13/h3-9,23,26H,10H2,1-2H3. The molecule has 0 saturated heterocycles. The smallest absolute Gasteiger partial charge is 0.385 e. The van der Waals surface area contributed by atoms with Gasteiger partial charge in [0.25, 0.3) is 0 Å². The van der Waals surface area contributed by atoms with Gasteiger partial charge in [0.05, 0.1) is 17.1 Å². The van der Waals surface area contributed by atoms with Crippen molar-refractivity contribution in [2.45, 2.75) is 19.3 Å². The van der Waals surface area contributed by atoms with Crippen LogP contribution in [0.1, 0.15) is 22.5 Å². The molecule has 7 heteroatoms. The molecule has 134 valence electrons. The molecule has 0 amide bonds. The highest BCUT2D eigenvalue weighted by molar-refractivity contribution is 7.41. The highest BCUT2D eigenvalue weighted by Crippen LogP contribution is 2.37. The Balaban J connectivity index is 1.99. The average Bonchev–Trinajstić information content (AvgIpc) is 2.99. The number of aromatic nitrogens is 2. The lowest BCUT2D eigenvalue weighted by Crippen LogP contribution is -2.08. The number of halogens is 3. The molecule has 3 aromatic rings. The van der Waals surface area contributed by atoms with Gasteiger partial charge in [-0.3, -0.25) is 4.40 Å². The van der Waals surface area contributed by atoms with E-state index in [1.807, 2.05) is 18.2 Å². The maximum atomic E-state index is 13.4. The number of imidazole rings is 1. The van der Waals surface area contributed by atoms with Gasteiger partial charge in [-0.05, 0) is 48.0 Å². The minimum atomic E-state index is -4.49. The van der Waals surface area contributed by atoms with Gasteiger partial charge < -0.3 is 5.32 Å². The summed E-state index contributed by atoms with van der Waals surface area (Å²) in [7, 11) is 2.46. The summed E-state index contributed by atoms with van der Waals surface area (Å²) >= 11 is 0. The fourth-order valence-electron chi connectivity index (χ4n) is 3.37. The van der Waals surface area contributed by atoms with Crippen LogP contribution in [0.3, 0.4) is 0 Å². The number of anilines is 1. The van der Waals surface area contributed by atoms with Gasteiger partial charge >= 0.3 is 6.18 Å². The van der Waals surface area contributed by atoms with Crippen molar-refractivity contribution in [3.05, 3.63) is 58.7 Å². The molecule has 0 saturated carbocycles. The Morgan fingerprint density at radius 3 is 2.73 bits per heavy atom. The van der Waals surface area contributed by atoms with Gasteiger partial charge in [0.2, 0.25) is 0 Å². The SMILES string of the molecule is CNc1ccc(-c2ccc3c(c2)C=CPC3)n2c(C)c(C(F)(F)F)nc12. The van der Waals surface area contributed by atoms with Crippen molar-refractivity contribution in [3.63, 3.8) is 0 Å². The number of hydrogen-bond acceptors (Lipinski definition) is 2. The Kier molecular flexibility index (Phi) is 4.03. The second kappa shape index (κ2) is 6.13. The molecule has 0 radical (unpaired) electrons. The Labute approximate surface area is 150 Å². The van der Waals surface area contributed by atoms with Crippen LogP contribution >= 0.6 is 8.58 Å². The minimum absolute atomic E-state index is 0.0920. The van der Waals surface area contributed by atoms with E-state index in [1.165, 1.54) is 12.5 Å². The molecule has 0 spiro atoms. The molecule has 3 nitrogen and oxygen atoms in total. The first kappa shape index (κ1) is 17.1. The third kappa shape index (κ3) is 2.69. The van der Waals surface area contributed by atoms with Crippen molar-refractivity contribution in [3.8, 4) is 11.3 Å². The number of hydrogen-bond donors (Lipinski definition) is 1. The number of pyridine rings is 1. The Bertz CT molecular complexity index is 1030. The Hall–Kier alpha value is -2.33. The van der Waals surface area contributed by atoms with Crippen molar-refractivity contribution >= 4 is 26.0 Å². The summed E-state index contributed by atoms with van der Waals surface area (Å²) in [5, 5.41) is 2.93. The van der Waals surface area contributed by atoms with Gasteiger partial charge in [0, 0.05) is 7.05 Å². The van der Waals surface area contributed by atoms with E-state index in [4.69, 9.17) is 0 Å². The van der Waals surface area contributed by atoms with Crippen LogP contribution in [0.15, 0.2) is 36.1 Å². The van der Waals surface area contributed by atoms with E-state index >= 15 is 0 Å². The van der Waals surface area contributed by atoms with Crippen molar-refractivity contribution in [1.82, 2.24) is 9.38 Å². The number of nitrogens with zero attached hydrogens (tertiary/aromatic N) is 2. The molecule has 1 aliphatic heterocycles. The predicted molar refractivity (Wildman–Crippen MR) is 101 cm³/mol. The largest absolute Gasteiger partial charge is 0.435 e. The minimum Gasteiger partial charge on any atom is -0.385 e. The molecule has 1 N–H and O–H groups in total. The number of nitrogens with one attached hydrogen (secondary N) is 1. The van der Waals surface area contributed by atoms with E-state index in [-0.39, 0.29) is 11.3 Å². The zero-order valence-electron chi connectivity index (χ0n) is 14.3. The van der Waals surface area contributed by atoms with Crippen LogP contribution in [-0.2, 0) is 12.3 Å². The van der Waals surface area contributed by atoms with Crippen LogP contribution in [-0.4, -0.2) is 16.4 Å². The van der Waals surface area contributed by atoms with Crippen molar-refractivity contribution in [2.75, 3.05) is 12.4 Å². The lowest BCUT2D eigenvalue weighted by Gasteiger charge is -2.15. The van der Waals surface area contributed by atoms with Crippen molar-refractivity contribution in [1.29, 1.82) is 0 Å². The highest BCUT2D eigenvalue weighted by atomic mass is 31.1. The predicted octanol–water partition coefficient (Wildman–Crippen LogP) is 5.53. The van der Waals surface area contributed by atoms with E-state index in [0.717, 1.165) is 25.9 Å². The van der Waals surface area contributed by atoms with E-state index in [0.29, 0.717) is 11.4 Å². The average molecular weight is 375 g/mol. The molecule has 1 aliphatic rings. The van der Waals surface area contributed by atoms with E-state index in [1.54, 1.807) is 17.5 Å². The summed E-state index contributed by atoms with van der Waals surface area (Å²) in [4.78, 5) is 3.89. The summed E-state index contributed by atoms with van der Waals surface area (Å²) in [5.41, 5.74) is 4.06. The number of aryl methyl sites for hydroxylation is 1. The molecule has 3 heterocycles. The molecule has 1 aromatic carbocycles.